The molecule has 9 nitrogen and oxygen atoms in total. The van der Waals surface area contributed by atoms with Gasteiger partial charge in [-0.1, -0.05) is 42.5 Å². The minimum atomic E-state index is -0.757. The Labute approximate surface area is 183 Å². The number of rotatable bonds is 10. The molecule has 32 heavy (non-hydrogen) atoms. The molecule has 0 aliphatic carbocycles. The molecule has 0 saturated heterocycles. The second-order valence-corrected chi connectivity index (χ2v) is 6.52. The molecule has 3 aromatic rings. The van der Waals surface area contributed by atoms with Gasteiger partial charge in [-0.25, -0.2) is 4.79 Å². The molecule has 1 N–H and O–H groups in total. The summed E-state index contributed by atoms with van der Waals surface area (Å²) in [6.45, 7) is -0.564. The van der Waals surface area contributed by atoms with Gasteiger partial charge in [-0.2, -0.15) is 0 Å². The molecular formula is C23H20N2O7. The number of anilines is 1. The maximum atomic E-state index is 11.9. The molecule has 0 aromatic heterocycles. The Morgan fingerprint density at radius 3 is 2.12 bits per heavy atom. The minimum absolute atomic E-state index is 0.0179. The van der Waals surface area contributed by atoms with Gasteiger partial charge in [0.2, 0.25) is 0 Å². The smallest absolute Gasteiger partial charge is 0.344 e. The van der Waals surface area contributed by atoms with E-state index in [0.717, 1.165) is 5.56 Å². The van der Waals surface area contributed by atoms with Crippen LogP contribution in [-0.4, -0.2) is 30.0 Å². The molecule has 0 bridgehead atoms. The zero-order valence-electron chi connectivity index (χ0n) is 16.9. The second kappa shape index (κ2) is 11.1. The fraction of sp³-hybridized carbons (Fsp3) is 0.130. The Kier molecular flexibility index (Phi) is 7.74. The monoisotopic (exact) mass is 436 g/mol. The number of amides is 1. The summed E-state index contributed by atoms with van der Waals surface area (Å²) in [6, 6.07) is 22.1. The number of hydrogen-bond acceptors (Lipinski definition) is 7. The molecule has 164 valence electrons. The summed E-state index contributed by atoms with van der Waals surface area (Å²) in [4.78, 5) is 34.1. The molecule has 0 radical (unpaired) electrons. The second-order valence-electron chi connectivity index (χ2n) is 6.52. The largest absolute Gasteiger partial charge is 0.489 e. The summed E-state index contributed by atoms with van der Waals surface area (Å²) < 4.78 is 15.9. The van der Waals surface area contributed by atoms with Gasteiger partial charge in [-0.3, -0.25) is 14.9 Å². The number of benzene rings is 3. The van der Waals surface area contributed by atoms with Crippen LogP contribution in [0.3, 0.4) is 0 Å². The molecule has 1 amide bonds. The van der Waals surface area contributed by atoms with Crippen LogP contribution >= 0.6 is 0 Å². The van der Waals surface area contributed by atoms with Gasteiger partial charge in [-0.15, -0.1) is 0 Å². The van der Waals surface area contributed by atoms with Crippen molar-refractivity contribution < 1.29 is 28.7 Å². The van der Waals surface area contributed by atoms with Crippen molar-refractivity contribution in [1.82, 2.24) is 0 Å². The van der Waals surface area contributed by atoms with Crippen LogP contribution in [0.15, 0.2) is 78.9 Å². The van der Waals surface area contributed by atoms with E-state index >= 15 is 0 Å². The highest BCUT2D eigenvalue weighted by molar-refractivity contribution is 5.94. The van der Waals surface area contributed by atoms with Crippen molar-refractivity contribution in [2.45, 2.75) is 6.61 Å². The third kappa shape index (κ3) is 6.84. The lowest BCUT2D eigenvalue weighted by atomic mass is 10.2. The Morgan fingerprint density at radius 1 is 0.812 bits per heavy atom. The summed E-state index contributed by atoms with van der Waals surface area (Å²) in [5.41, 5.74) is 0.803. The molecule has 0 spiro atoms. The maximum Gasteiger partial charge on any atom is 0.344 e. The average molecular weight is 436 g/mol. The van der Waals surface area contributed by atoms with Gasteiger partial charge in [0.15, 0.2) is 13.2 Å². The van der Waals surface area contributed by atoms with Gasteiger partial charge < -0.3 is 19.5 Å². The van der Waals surface area contributed by atoms with Crippen LogP contribution in [0, 0.1) is 10.1 Å². The third-order valence-electron chi connectivity index (χ3n) is 4.17. The van der Waals surface area contributed by atoms with E-state index in [4.69, 9.17) is 14.2 Å². The molecule has 0 saturated carbocycles. The normalized spacial score (nSPS) is 10.1. The van der Waals surface area contributed by atoms with Crippen molar-refractivity contribution in [3.8, 4) is 11.5 Å². The Hall–Kier alpha value is -4.40. The van der Waals surface area contributed by atoms with E-state index in [1.165, 1.54) is 18.2 Å². The van der Waals surface area contributed by atoms with Gasteiger partial charge in [0.1, 0.15) is 23.8 Å². The summed E-state index contributed by atoms with van der Waals surface area (Å²) in [7, 11) is 0. The minimum Gasteiger partial charge on any atom is -0.489 e. The van der Waals surface area contributed by atoms with Crippen molar-refractivity contribution >= 4 is 23.3 Å². The number of ether oxygens (including phenoxy) is 3. The topological polar surface area (TPSA) is 117 Å². The fourth-order valence-corrected chi connectivity index (χ4v) is 2.63. The van der Waals surface area contributed by atoms with E-state index < -0.39 is 30.0 Å². The van der Waals surface area contributed by atoms with Gasteiger partial charge in [0, 0.05) is 6.07 Å². The standard InChI is InChI=1S/C23H20N2O7/c26-22(24-20-8-4-5-9-21(20)25(28)29)15-32-23(27)16-31-19-12-10-18(11-13-19)30-14-17-6-2-1-3-7-17/h1-13H,14-16H2,(H,24,26). The lowest BCUT2D eigenvalue weighted by molar-refractivity contribution is -0.383. The Balaban J connectivity index is 1.39. The number of nitro groups is 1. The summed E-state index contributed by atoms with van der Waals surface area (Å²) in [5.74, 6) is -0.381. The van der Waals surface area contributed by atoms with Gasteiger partial charge in [0.25, 0.3) is 11.6 Å². The van der Waals surface area contributed by atoms with E-state index in [0.29, 0.717) is 18.1 Å². The van der Waals surface area contributed by atoms with Crippen molar-refractivity contribution in [2.24, 2.45) is 0 Å². The SMILES string of the molecule is O=C(COC(=O)COc1ccc(OCc2ccccc2)cc1)Nc1ccccc1[N+](=O)[O-]. The molecule has 0 aliphatic heterocycles. The first kappa shape index (κ1) is 22.3. The van der Waals surface area contributed by atoms with Gasteiger partial charge >= 0.3 is 5.97 Å². The van der Waals surface area contributed by atoms with Gasteiger partial charge in [0.05, 0.1) is 4.92 Å². The lowest BCUT2D eigenvalue weighted by Gasteiger charge is -2.09. The van der Waals surface area contributed by atoms with Crippen LogP contribution in [0.4, 0.5) is 11.4 Å². The fourth-order valence-electron chi connectivity index (χ4n) is 2.63. The van der Waals surface area contributed by atoms with E-state index in [9.17, 15) is 19.7 Å². The number of para-hydroxylation sites is 2. The van der Waals surface area contributed by atoms with Crippen LogP contribution in [-0.2, 0) is 20.9 Å². The van der Waals surface area contributed by atoms with E-state index in [-0.39, 0.29) is 11.4 Å². The predicted octanol–water partition coefficient (Wildman–Crippen LogP) is 3.73. The molecule has 3 rings (SSSR count). The number of esters is 1. The van der Waals surface area contributed by atoms with Gasteiger partial charge in [-0.05, 0) is 35.9 Å². The van der Waals surface area contributed by atoms with Crippen LogP contribution in [0.2, 0.25) is 0 Å². The number of nitro benzene ring substituents is 1. The van der Waals surface area contributed by atoms with Crippen molar-refractivity contribution in [1.29, 1.82) is 0 Å². The Bertz CT molecular complexity index is 1070. The number of nitrogens with one attached hydrogen (secondary N) is 1. The molecule has 3 aromatic carbocycles. The van der Waals surface area contributed by atoms with Crippen LogP contribution in [0.25, 0.3) is 0 Å². The maximum absolute atomic E-state index is 11.9. The number of carbonyl (C=O) groups is 2. The van der Waals surface area contributed by atoms with Crippen LogP contribution < -0.4 is 14.8 Å². The first-order valence-electron chi connectivity index (χ1n) is 9.60. The Morgan fingerprint density at radius 2 is 1.44 bits per heavy atom. The summed E-state index contributed by atoms with van der Waals surface area (Å²) >= 11 is 0. The van der Waals surface area contributed by atoms with Crippen molar-refractivity contribution in [3.05, 3.63) is 94.5 Å². The molecule has 9 heteroatoms. The first-order chi connectivity index (χ1) is 15.5. The van der Waals surface area contributed by atoms with Crippen molar-refractivity contribution in [3.63, 3.8) is 0 Å². The summed E-state index contributed by atoms with van der Waals surface area (Å²) in [5, 5.41) is 13.3. The van der Waals surface area contributed by atoms with Crippen LogP contribution in [0.1, 0.15) is 5.56 Å². The highest BCUT2D eigenvalue weighted by Gasteiger charge is 2.16. The zero-order valence-corrected chi connectivity index (χ0v) is 16.9. The number of hydrogen-bond donors (Lipinski definition) is 1. The molecule has 0 fully saturated rings. The number of nitrogens with zero attached hydrogens (tertiary/aromatic N) is 1. The lowest BCUT2D eigenvalue weighted by Crippen LogP contribution is -2.24. The molecular weight excluding hydrogens is 416 g/mol. The summed E-state index contributed by atoms with van der Waals surface area (Å²) in [6.07, 6.45) is 0. The van der Waals surface area contributed by atoms with E-state index in [1.54, 1.807) is 30.3 Å². The quantitative estimate of drug-likeness (QED) is 0.292. The average Bonchev–Trinajstić information content (AvgIpc) is 2.81. The molecule has 0 unspecified atom stereocenters. The van der Waals surface area contributed by atoms with Crippen LogP contribution in [0.5, 0.6) is 11.5 Å². The molecule has 0 heterocycles. The predicted molar refractivity (Wildman–Crippen MR) is 115 cm³/mol. The molecule has 0 atom stereocenters. The zero-order chi connectivity index (χ0) is 22.8. The third-order valence-corrected chi connectivity index (χ3v) is 4.17. The van der Waals surface area contributed by atoms with E-state index in [2.05, 4.69) is 5.32 Å². The molecule has 0 aliphatic rings. The highest BCUT2D eigenvalue weighted by atomic mass is 16.6. The van der Waals surface area contributed by atoms with Crippen molar-refractivity contribution in [2.75, 3.05) is 18.5 Å². The first-order valence-corrected chi connectivity index (χ1v) is 9.60. The highest BCUT2D eigenvalue weighted by Crippen LogP contribution is 2.23. The van der Waals surface area contributed by atoms with E-state index in [1.807, 2.05) is 30.3 Å². The number of carbonyl (C=O) groups excluding carboxylic acids is 2.